The molecule has 0 spiro atoms. The minimum absolute atomic E-state index is 0.0134. The molecule has 0 bridgehead atoms. The molecule has 0 amide bonds. The summed E-state index contributed by atoms with van der Waals surface area (Å²) < 4.78 is 6.36. The van der Waals surface area contributed by atoms with E-state index in [0.717, 1.165) is 27.5 Å². The predicted molar refractivity (Wildman–Crippen MR) is 287 cm³/mol. The number of anilines is 6. The summed E-state index contributed by atoms with van der Waals surface area (Å²) in [4.78, 5) is 5.27. The molecule has 0 saturated carbocycles. The van der Waals surface area contributed by atoms with E-state index in [1.165, 1.54) is 115 Å². The zero-order valence-corrected chi connectivity index (χ0v) is 41.8. The maximum atomic E-state index is 6.36. The molecule has 4 heteroatoms. The lowest BCUT2D eigenvalue weighted by Gasteiger charge is -2.48. The number of fused-ring (bicyclic) bond motifs is 9. The van der Waals surface area contributed by atoms with Gasteiger partial charge in [-0.2, -0.15) is 0 Å². The van der Waals surface area contributed by atoms with Crippen LogP contribution in [0.1, 0.15) is 135 Å². The average Bonchev–Trinajstić information content (AvgIpc) is 3.66. The lowest BCUT2D eigenvalue weighted by Crippen LogP contribution is -2.62. The third-order valence-corrected chi connectivity index (χ3v) is 17.0. The van der Waals surface area contributed by atoms with Crippen LogP contribution in [0.25, 0.3) is 33.1 Å². The highest BCUT2D eigenvalue weighted by atomic mass is 16.3. The van der Waals surface area contributed by atoms with Crippen molar-refractivity contribution in [2.75, 3.05) is 9.80 Å². The molecule has 336 valence electrons. The van der Waals surface area contributed by atoms with Crippen molar-refractivity contribution in [2.24, 2.45) is 0 Å². The van der Waals surface area contributed by atoms with Crippen LogP contribution in [0.15, 0.2) is 132 Å². The monoisotopic (exact) mass is 877 g/mol. The van der Waals surface area contributed by atoms with E-state index in [-0.39, 0.29) is 33.8 Å². The van der Waals surface area contributed by atoms with E-state index in [1.807, 2.05) is 6.07 Å². The SMILES string of the molecule is Cc1cc2c3c(c1)N(c1ccc(-c4ccc5c(c4)oc4ccccc45)cc1)c1cc4c(cc1B3c1ccc(C(C)(C)C)cc1N2c1ccc2c(c1)C(C)(C)CCC2(C)C)C(C)(C)CCC4(C)C. The van der Waals surface area contributed by atoms with Crippen molar-refractivity contribution in [3.63, 3.8) is 0 Å². The van der Waals surface area contributed by atoms with Gasteiger partial charge in [-0.1, -0.05) is 137 Å². The van der Waals surface area contributed by atoms with Crippen molar-refractivity contribution in [3.05, 3.63) is 161 Å². The van der Waals surface area contributed by atoms with Gasteiger partial charge >= 0.3 is 0 Å². The van der Waals surface area contributed by atoms with Gasteiger partial charge in [0.15, 0.2) is 0 Å². The van der Waals surface area contributed by atoms with Crippen LogP contribution < -0.4 is 26.2 Å². The quantitative estimate of drug-likeness (QED) is 0.165. The van der Waals surface area contributed by atoms with Gasteiger partial charge < -0.3 is 14.2 Å². The molecule has 8 aromatic rings. The van der Waals surface area contributed by atoms with E-state index >= 15 is 0 Å². The van der Waals surface area contributed by atoms with Crippen LogP contribution in [0.5, 0.6) is 0 Å². The van der Waals surface area contributed by atoms with Crippen LogP contribution in [0.2, 0.25) is 0 Å². The third kappa shape index (κ3) is 6.37. The average molecular weight is 877 g/mol. The third-order valence-electron chi connectivity index (χ3n) is 17.0. The second-order valence-electron chi connectivity index (χ2n) is 24.4. The minimum atomic E-state index is -0.0134. The fraction of sp³-hybridized carbons (Fsp3) is 0.333. The highest BCUT2D eigenvalue weighted by Crippen LogP contribution is 2.52. The molecule has 2 aliphatic heterocycles. The molecule has 0 atom stereocenters. The molecule has 0 unspecified atom stereocenters. The van der Waals surface area contributed by atoms with Crippen LogP contribution in [0, 0.1) is 6.92 Å². The van der Waals surface area contributed by atoms with Crippen molar-refractivity contribution >= 4 is 79.2 Å². The van der Waals surface area contributed by atoms with E-state index < -0.39 is 0 Å². The number of hydrogen-bond acceptors (Lipinski definition) is 3. The van der Waals surface area contributed by atoms with E-state index in [0.29, 0.717) is 0 Å². The van der Waals surface area contributed by atoms with Crippen LogP contribution >= 0.6 is 0 Å². The Morgan fingerprint density at radius 2 is 1.01 bits per heavy atom. The Balaban J connectivity index is 1.11. The molecular weight excluding hydrogens is 812 g/mol. The van der Waals surface area contributed by atoms with Crippen molar-refractivity contribution in [2.45, 2.75) is 136 Å². The number of rotatable bonds is 3. The Kier molecular flexibility index (Phi) is 8.87. The van der Waals surface area contributed by atoms with Gasteiger partial charge in [-0.3, -0.25) is 0 Å². The molecule has 0 fully saturated rings. The van der Waals surface area contributed by atoms with E-state index in [1.54, 1.807) is 0 Å². The first kappa shape index (κ1) is 42.4. The molecule has 1 aromatic heterocycles. The van der Waals surface area contributed by atoms with Crippen LogP contribution in [-0.4, -0.2) is 6.71 Å². The van der Waals surface area contributed by atoms with E-state index in [4.69, 9.17) is 4.42 Å². The van der Waals surface area contributed by atoms with Gasteiger partial charge in [0.25, 0.3) is 6.71 Å². The molecule has 0 saturated heterocycles. The number of para-hydroxylation sites is 1. The molecule has 12 rings (SSSR count). The van der Waals surface area contributed by atoms with Gasteiger partial charge in [0.1, 0.15) is 11.2 Å². The van der Waals surface area contributed by atoms with Crippen molar-refractivity contribution in [3.8, 4) is 11.1 Å². The molecule has 2 aliphatic carbocycles. The van der Waals surface area contributed by atoms with Crippen LogP contribution in [0.4, 0.5) is 34.1 Å². The number of nitrogens with zero attached hydrogens (tertiary/aromatic N) is 2. The van der Waals surface area contributed by atoms with Crippen molar-refractivity contribution < 1.29 is 4.42 Å². The molecule has 4 aliphatic rings. The Morgan fingerprint density at radius 1 is 0.463 bits per heavy atom. The largest absolute Gasteiger partial charge is 0.456 e. The molecular formula is C63H65BN2O. The van der Waals surface area contributed by atoms with Crippen molar-refractivity contribution in [1.82, 2.24) is 0 Å². The first-order chi connectivity index (χ1) is 31.7. The minimum Gasteiger partial charge on any atom is -0.456 e. The topological polar surface area (TPSA) is 19.6 Å². The van der Waals surface area contributed by atoms with Crippen LogP contribution in [-0.2, 0) is 27.1 Å². The maximum Gasteiger partial charge on any atom is 0.252 e. The van der Waals surface area contributed by atoms with Gasteiger partial charge in [0.05, 0.1) is 0 Å². The molecule has 0 N–H and O–H groups in total. The zero-order valence-electron chi connectivity index (χ0n) is 41.8. The smallest absolute Gasteiger partial charge is 0.252 e. The van der Waals surface area contributed by atoms with Crippen LogP contribution in [0.3, 0.4) is 0 Å². The second kappa shape index (κ2) is 14.0. The number of aryl methyl sites for hydroxylation is 1. The summed E-state index contributed by atoms with van der Waals surface area (Å²) >= 11 is 0. The lowest BCUT2D eigenvalue weighted by atomic mass is 9.33. The summed E-state index contributed by atoms with van der Waals surface area (Å²) in [6.07, 6.45) is 4.72. The summed E-state index contributed by atoms with van der Waals surface area (Å²) in [6.45, 7) is 29.1. The second-order valence-corrected chi connectivity index (χ2v) is 24.4. The molecule has 67 heavy (non-hydrogen) atoms. The Bertz CT molecular complexity index is 3370. The number of benzene rings is 7. The lowest BCUT2D eigenvalue weighted by molar-refractivity contribution is 0.332. The Morgan fingerprint density at radius 3 is 1.69 bits per heavy atom. The fourth-order valence-electron chi connectivity index (χ4n) is 12.6. The number of furan rings is 1. The highest BCUT2D eigenvalue weighted by molar-refractivity contribution is 7.00. The van der Waals surface area contributed by atoms with Gasteiger partial charge in [0, 0.05) is 44.9 Å². The molecule has 0 radical (unpaired) electrons. The molecule has 3 heterocycles. The fourth-order valence-corrected chi connectivity index (χ4v) is 12.6. The number of hydrogen-bond donors (Lipinski definition) is 0. The van der Waals surface area contributed by atoms with Gasteiger partial charge in [-0.05, 0) is 187 Å². The van der Waals surface area contributed by atoms with Gasteiger partial charge in [-0.15, -0.1) is 0 Å². The summed E-state index contributed by atoms with van der Waals surface area (Å²) in [5, 5.41) is 2.31. The summed E-state index contributed by atoms with van der Waals surface area (Å²) in [7, 11) is 0. The Hall–Kier alpha value is -6.00. The van der Waals surface area contributed by atoms with Crippen molar-refractivity contribution in [1.29, 1.82) is 0 Å². The summed E-state index contributed by atoms with van der Waals surface area (Å²) in [6, 6.07) is 49.5. The van der Waals surface area contributed by atoms with E-state index in [9.17, 15) is 0 Å². The first-order valence-electron chi connectivity index (χ1n) is 25.0. The standard InChI is InChI=1S/C63H65BN2O/c1-38-31-54-58-55(32-38)66(43-23-25-46-47(35-43)61(7,8)28-27-60(46,5)6)52-34-41(59(2,3)4)20-26-50(52)64(58)51-36-48-49(63(11,12)30-29-62(48,9)10)37-53(51)65(54)42-21-17-39(18-22-42)40-19-24-45-44-15-13-14-16-56(44)67-57(45)33-40/h13-26,31-37H,27-30H2,1-12H3. The molecule has 7 aromatic carbocycles. The normalized spacial score (nSPS) is 18.3. The zero-order chi connectivity index (χ0) is 46.7. The summed E-state index contributed by atoms with van der Waals surface area (Å²) in [5.41, 5.74) is 24.9. The van der Waals surface area contributed by atoms with Gasteiger partial charge in [0.2, 0.25) is 0 Å². The first-order valence-corrected chi connectivity index (χ1v) is 25.0. The Labute approximate surface area is 399 Å². The predicted octanol–water partition coefficient (Wildman–Crippen LogP) is 15.6. The molecule has 3 nitrogen and oxygen atoms in total. The summed E-state index contributed by atoms with van der Waals surface area (Å²) in [5.74, 6) is 0. The highest BCUT2D eigenvalue weighted by Gasteiger charge is 2.47. The van der Waals surface area contributed by atoms with Gasteiger partial charge in [-0.25, -0.2) is 0 Å². The van der Waals surface area contributed by atoms with E-state index in [2.05, 4.69) is 214 Å². The maximum absolute atomic E-state index is 6.36.